The van der Waals surface area contributed by atoms with E-state index in [2.05, 4.69) is 0 Å². The van der Waals surface area contributed by atoms with Crippen molar-refractivity contribution in [3.05, 3.63) is 52.9 Å². The molecule has 0 unspecified atom stereocenters. The summed E-state index contributed by atoms with van der Waals surface area (Å²) in [5, 5.41) is 49.1. The molecular weight excluding hydrogens is 424 g/mol. The van der Waals surface area contributed by atoms with E-state index in [4.69, 9.17) is 18.6 Å². The van der Waals surface area contributed by atoms with Gasteiger partial charge in [-0.2, -0.15) is 0 Å². The molecule has 1 saturated heterocycles. The summed E-state index contributed by atoms with van der Waals surface area (Å²) in [6.07, 6.45) is -6.04. The van der Waals surface area contributed by atoms with Crippen LogP contribution in [0.25, 0.3) is 22.1 Å². The van der Waals surface area contributed by atoms with Crippen LogP contribution in [0.2, 0.25) is 0 Å². The average molecular weight is 446 g/mol. The number of phenolic OH excluding ortho intramolecular Hbond substituents is 1. The number of aliphatic hydroxyl groups excluding tert-OH is 4. The lowest BCUT2D eigenvalue weighted by Gasteiger charge is -2.39. The Labute approximate surface area is 181 Å². The fourth-order valence-electron chi connectivity index (χ4n) is 3.52. The first-order valence-corrected chi connectivity index (χ1v) is 9.74. The Hall–Kier alpha value is -3.15. The smallest absolute Gasteiger partial charge is 0.229 e. The van der Waals surface area contributed by atoms with Gasteiger partial charge in [0.2, 0.25) is 11.7 Å². The van der Waals surface area contributed by atoms with Crippen molar-refractivity contribution in [3.8, 4) is 28.4 Å². The third-order valence-corrected chi connectivity index (χ3v) is 5.33. The van der Waals surface area contributed by atoms with E-state index in [0.29, 0.717) is 5.56 Å². The van der Waals surface area contributed by atoms with Gasteiger partial charge in [-0.3, -0.25) is 4.79 Å². The monoisotopic (exact) mass is 446 g/mol. The molecule has 1 aliphatic rings. The highest BCUT2D eigenvalue weighted by Crippen LogP contribution is 2.35. The number of fused-ring (bicyclic) bond motifs is 1. The van der Waals surface area contributed by atoms with Gasteiger partial charge in [-0.25, -0.2) is 0 Å². The van der Waals surface area contributed by atoms with Crippen LogP contribution >= 0.6 is 0 Å². The van der Waals surface area contributed by atoms with E-state index in [1.165, 1.54) is 37.6 Å². The fourth-order valence-corrected chi connectivity index (χ4v) is 3.52. The Bertz CT molecular complexity index is 1150. The van der Waals surface area contributed by atoms with Crippen molar-refractivity contribution >= 4 is 11.0 Å². The molecule has 4 rings (SSSR count). The molecule has 10 heteroatoms. The van der Waals surface area contributed by atoms with Crippen molar-refractivity contribution in [3.63, 3.8) is 0 Å². The Morgan fingerprint density at radius 3 is 2.38 bits per heavy atom. The lowest BCUT2D eigenvalue weighted by Crippen LogP contribution is -2.60. The molecule has 0 amide bonds. The Balaban J connectivity index is 1.71. The second-order valence-corrected chi connectivity index (χ2v) is 7.34. The number of benzene rings is 2. The summed E-state index contributed by atoms with van der Waals surface area (Å²) in [4.78, 5) is 13.0. The number of ether oxygens (including phenoxy) is 3. The third kappa shape index (κ3) is 3.90. The molecule has 1 fully saturated rings. The minimum atomic E-state index is -1.61. The van der Waals surface area contributed by atoms with Crippen LogP contribution in [0.4, 0.5) is 0 Å². The normalized spacial score (nSPS) is 25.6. The van der Waals surface area contributed by atoms with Gasteiger partial charge in [-0.1, -0.05) is 12.1 Å². The van der Waals surface area contributed by atoms with Crippen LogP contribution < -0.4 is 14.9 Å². The second kappa shape index (κ2) is 8.77. The summed E-state index contributed by atoms with van der Waals surface area (Å²) in [6, 6.07) is 8.86. The first-order chi connectivity index (χ1) is 15.3. The SMILES string of the molecule is COc1cc2c(=O)c(-c3ccc(O)cc3)coc2cc1O[C@H]1O[C@H](CO)[C@@H](O)[C@@H](O)[C@@H]1O. The molecule has 170 valence electrons. The molecule has 2 aromatic carbocycles. The molecule has 32 heavy (non-hydrogen) atoms. The van der Waals surface area contributed by atoms with Crippen molar-refractivity contribution < 1.29 is 44.2 Å². The molecule has 5 atom stereocenters. The summed E-state index contributed by atoms with van der Waals surface area (Å²) in [7, 11) is 1.35. The first kappa shape index (κ1) is 22.1. The van der Waals surface area contributed by atoms with E-state index < -0.39 is 37.3 Å². The van der Waals surface area contributed by atoms with Crippen LogP contribution in [-0.2, 0) is 4.74 Å². The predicted octanol–water partition coefficient (Wildman–Crippen LogP) is 0.353. The van der Waals surface area contributed by atoms with Crippen molar-refractivity contribution in [2.24, 2.45) is 0 Å². The molecule has 1 aromatic heterocycles. The number of rotatable bonds is 5. The van der Waals surface area contributed by atoms with E-state index in [0.717, 1.165) is 0 Å². The van der Waals surface area contributed by atoms with Crippen molar-refractivity contribution in [2.75, 3.05) is 13.7 Å². The topological polar surface area (TPSA) is 159 Å². The van der Waals surface area contributed by atoms with Gasteiger partial charge in [0, 0.05) is 6.07 Å². The average Bonchev–Trinajstić information content (AvgIpc) is 2.80. The van der Waals surface area contributed by atoms with Gasteiger partial charge < -0.3 is 44.2 Å². The summed E-state index contributed by atoms with van der Waals surface area (Å²) in [5.74, 6) is 0.241. The lowest BCUT2D eigenvalue weighted by atomic mass is 9.99. The van der Waals surface area contributed by atoms with Crippen LogP contribution in [0.5, 0.6) is 17.2 Å². The predicted molar refractivity (Wildman–Crippen MR) is 111 cm³/mol. The van der Waals surface area contributed by atoms with Crippen molar-refractivity contribution in [2.45, 2.75) is 30.7 Å². The number of hydrogen-bond acceptors (Lipinski definition) is 10. The molecular formula is C22H22O10. The zero-order valence-corrected chi connectivity index (χ0v) is 16.9. The largest absolute Gasteiger partial charge is 0.508 e. The molecule has 5 N–H and O–H groups in total. The highest BCUT2D eigenvalue weighted by Gasteiger charge is 2.45. The van der Waals surface area contributed by atoms with Gasteiger partial charge in [0.05, 0.1) is 24.7 Å². The number of aromatic hydroxyl groups is 1. The first-order valence-electron chi connectivity index (χ1n) is 9.74. The molecule has 10 nitrogen and oxygen atoms in total. The zero-order chi connectivity index (χ0) is 23.0. The Morgan fingerprint density at radius 2 is 1.72 bits per heavy atom. The minimum Gasteiger partial charge on any atom is -0.508 e. The van der Waals surface area contributed by atoms with E-state index in [-0.39, 0.29) is 39.2 Å². The van der Waals surface area contributed by atoms with E-state index in [1.807, 2.05) is 0 Å². The maximum Gasteiger partial charge on any atom is 0.229 e. The van der Waals surface area contributed by atoms with Crippen molar-refractivity contribution in [1.29, 1.82) is 0 Å². The van der Waals surface area contributed by atoms with Crippen LogP contribution in [0.15, 0.2) is 51.9 Å². The number of phenols is 1. The molecule has 0 bridgehead atoms. The zero-order valence-electron chi connectivity index (χ0n) is 16.9. The highest BCUT2D eigenvalue weighted by molar-refractivity contribution is 5.84. The maximum absolute atomic E-state index is 13.0. The molecule has 2 heterocycles. The maximum atomic E-state index is 13.0. The summed E-state index contributed by atoms with van der Waals surface area (Å²) < 4.78 is 21.9. The van der Waals surface area contributed by atoms with Crippen LogP contribution in [-0.4, -0.2) is 70.0 Å². The number of aliphatic hydroxyl groups is 4. The minimum absolute atomic E-state index is 0.0462. The highest BCUT2D eigenvalue weighted by atomic mass is 16.7. The molecule has 1 aliphatic heterocycles. The molecule has 3 aromatic rings. The van der Waals surface area contributed by atoms with E-state index in [9.17, 15) is 30.3 Å². The quantitative estimate of drug-likeness (QED) is 0.370. The number of hydrogen-bond donors (Lipinski definition) is 5. The third-order valence-electron chi connectivity index (χ3n) is 5.33. The summed E-state index contributed by atoms with van der Waals surface area (Å²) >= 11 is 0. The van der Waals surface area contributed by atoms with Crippen LogP contribution in [0.3, 0.4) is 0 Å². The molecule has 0 radical (unpaired) electrons. The van der Waals surface area contributed by atoms with Crippen LogP contribution in [0, 0.1) is 0 Å². The van der Waals surface area contributed by atoms with Gasteiger partial charge in [0.25, 0.3) is 0 Å². The van der Waals surface area contributed by atoms with Gasteiger partial charge >= 0.3 is 0 Å². The van der Waals surface area contributed by atoms with Gasteiger partial charge in [-0.15, -0.1) is 0 Å². The Morgan fingerprint density at radius 1 is 1.00 bits per heavy atom. The molecule has 0 aliphatic carbocycles. The lowest BCUT2D eigenvalue weighted by molar-refractivity contribution is -0.277. The van der Waals surface area contributed by atoms with E-state index in [1.54, 1.807) is 12.1 Å². The van der Waals surface area contributed by atoms with E-state index >= 15 is 0 Å². The fraction of sp³-hybridized carbons (Fsp3) is 0.318. The van der Waals surface area contributed by atoms with Crippen molar-refractivity contribution in [1.82, 2.24) is 0 Å². The van der Waals surface area contributed by atoms with Crippen LogP contribution in [0.1, 0.15) is 0 Å². The molecule has 0 saturated carbocycles. The van der Waals surface area contributed by atoms with Gasteiger partial charge in [-0.05, 0) is 23.8 Å². The summed E-state index contributed by atoms with van der Waals surface area (Å²) in [5.41, 5.74) is 0.661. The van der Waals surface area contributed by atoms with Gasteiger partial charge in [0.15, 0.2) is 11.5 Å². The number of methoxy groups -OCH3 is 1. The second-order valence-electron chi connectivity index (χ2n) is 7.34. The standard InChI is InChI=1S/C22H22O10/c1-29-15-6-12-14(30-9-13(18(12)25)10-2-4-11(24)5-3-10)7-16(15)31-22-21(28)20(27)19(26)17(8-23)32-22/h2-7,9,17,19-24,26-28H,8H2,1H3/t17-,19-,20-,21+,22+/m1/s1. The van der Waals surface area contributed by atoms with Gasteiger partial charge in [0.1, 0.15) is 42.0 Å². The Kier molecular flexibility index (Phi) is 6.04. The summed E-state index contributed by atoms with van der Waals surface area (Å²) in [6.45, 7) is -0.603. The molecule has 0 spiro atoms.